The number of carbonyl (C=O) groups excluding carboxylic acids is 1. The van der Waals surface area contributed by atoms with E-state index in [-0.39, 0.29) is 12.5 Å². The lowest BCUT2D eigenvalue weighted by Gasteiger charge is -2.30. The van der Waals surface area contributed by atoms with Crippen LogP contribution in [0.3, 0.4) is 0 Å². The number of methoxy groups -OCH3 is 1. The number of carbonyl (C=O) groups is 2. The number of carboxylic acids is 1. The van der Waals surface area contributed by atoms with Crippen molar-refractivity contribution in [3.63, 3.8) is 0 Å². The molecule has 6 heteroatoms. The quantitative estimate of drug-likeness (QED) is 0.787. The summed E-state index contributed by atoms with van der Waals surface area (Å²) in [5.41, 5.74) is -0.171. The van der Waals surface area contributed by atoms with Crippen LogP contribution in [0.15, 0.2) is 24.3 Å². The Hall–Kier alpha value is -2.08. The molecule has 0 spiro atoms. The first-order valence-corrected chi connectivity index (χ1v) is 6.61. The summed E-state index contributed by atoms with van der Waals surface area (Å²) in [6.45, 7) is 3.51. The number of hydrogen-bond acceptors (Lipinski definition) is 4. The van der Waals surface area contributed by atoms with Crippen LogP contribution in [0.5, 0.6) is 5.75 Å². The molecule has 0 radical (unpaired) electrons. The van der Waals surface area contributed by atoms with Gasteiger partial charge in [-0.3, -0.25) is 14.5 Å². The fourth-order valence-electron chi connectivity index (χ4n) is 1.62. The molecule has 0 heterocycles. The average Bonchev–Trinajstić information content (AvgIpc) is 2.45. The van der Waals surface area contributed by atoms with Crippen molar-refractivity contribution < 1.29 is 19.4 Å². The zero-order chi connectivity index (χ0) is 16.0. The molecule has 0 atom stereocenters. The minimum Gasteiger partial charge on any atom is -0.497 e. The summed E-state index contributed by atoms with van der Waals surface area (Å²) in [7, 11) is 3.19. The third-order valence-corrected chi connectivity index (χ3v) is 3.48. The van der Waals surface area contributed by atoms with E-state index in [2.05, 4.69) is 5.32 Å². The van der Waals surface area contributed by atoms with Crippen molar-refractivity contribution >= 4 is 11.9 Å². The highest BCUT2D eigenvalue weighted by Gasteiger charge is 2.32. The number of nitrogens with zero attached hydrogens (tertiary/aromatic N) is 1. The van der Waals surface area contributed by atoms with Crippen LogP contribution in [0.25, 0.3) is 0 Å². The van der Waals surface area contributed by atoms with Crippen LogP contribution in [0.1, 0.15) is 19.4 Å². The van der Waals surface area contributed by atoms with Gasteiger partial charge in [-0.05, 0) is 38.6 Å². The minimum absolute atomic E-state index is 0.0171. The van der Waals surface area contributed by atoms with Gasteiger partial charge in [0.1, 0.15) is 11.3 Å². The summed E-state index contributed by atoms with van der Waals surface area (Å²) in [5, 5.41) is 11.9. The molecule has 0 unspecified atom stereocenters. The lowest BCUT2D eigenvalue weighted by molar-refractivity contribution is -0.149. The fraction of sp³-hybridized carbons (Fsp3) is 0.467. The first-order valence-electron chi connectivity index (χ1n) is 6.61. The number of benzene rings is 1. The third kappa shape index (κ3) is 4.75. The molecule has 6 nitrogen and oxygen atoms in total. The number of ether oxygens (including phenoxy) is 1. The van der Waals surface area contributed by atoms with E-state index in [1.165, 1.54) is 4.90 Å². The van der Waals surface area contributed by atoms with Crippen molar-refractivity contribution in [3.05, 3.63) is 29.8 Å². The van der Waals surface area contributed by atoms with Crippen molar-refractivity contribution in [1.82, 2.24) is 10.2 Å². The molecule has 0 aliphatic heterocycles. The Morgan fingerprint density at radius 3 is 2.62 bits per heavy atom. The number of aliphatic carboxylic acids is 1. The van der Waals surface area contributed by atoms with E-state index < -0.39 is 11.5 Å². The molecular weight excluding hydrogens is 272 g/mol. The van der Waals surface area contributed by atoms with Gasteiger partial charge in [0, 0.05) is 6.54 Å². The van der Waals surface area contributed by atoms with Crippen molar-refractivity contribution in [1.29, 1.82) is 0 Å². The summed E-state index contributed by atoms with van der Waals surface area (Å²) in [6, 6.07) is 7.40. The second-order valence-electron chi connectivity index (χ2n) is 5.35. The van der Waals surface area contributed by atoms with Gasteiger partial charge in [-0.15, -0.1) is 0 Å². The Morgan fingerprint density at radius 1 is 1.38 bits per heavy atom. The number of rotatable bonds is 7. The maximum atomic E-state index is 11.9. The van der Waals surface area contributed by atoms with E-state index in [9.17, 15) is 9.59 Å². The molecule has 0 aliphatic carbocycles. The van der Waals surface area contributed by atoms with E-state index in [1.54, 1.807) is 28.0 Å². The Morgan fingerprint density at radius 2 is 2.05 bits per heavy atom. The van der Waals surface area contributed by atoms with Crippen LogP contribution < -0.4 is 10.1 Å². The number of hydrogen-bond donors (Lipinski definition) is 2. The largest absolute Gasteiger partial charge is 0.497 e. The SMILES string of the molecule is COc1cccc(CNC(=O)CN(C)C(C)(C)C(=O)O)c1. The molecule has 0 aliphatic rings. The van der Waals surface area contributed by atoms with Crippen LogP contribution >= 0.6 is 0 Å². The zero-order valence-corrected chi connectivity index (χ0v) is 12.8. The van der Waals surface area contributed by atoms with Gasteiger partial charge >= 0.3 is 5.97 Å². The maximum Gasteiger partial charge on any atom is 0.323 e. The minimum atomic E-state index is -1.09. The van der Waals surface area contributed by atoms with Gasteiger partial charge in [-0.25, -0.2) is 0 Å². The molecule has 0 saturated carbocycles. The van der Waals surface area contributed by atoms with Gasteiger partial charge in [0.15, 0.2) is 0 Å². The van der Waals surface area contributed by atoms with Crippen molar-refractivity contribution in [2.75, 3.05) is 20.7 Å². The number of nitrogens with one attached hydrogen (secondary N) is 1. The Bertz CT molecular complexity index is 514. The fourth-order valence-corrected chi connectivity index (χ4v) is 1.62. The normalized spacial score (nSPS) is 11.3. The van der Waals surface area contributed by atoms with Gasteiger partial charge in [0.05, 0.1) is 13.7 Å². The Balaban J connectivity index is 2.52. The third-order valence-electron chi connectivity index (χ3n) is 3.48. The molecule has 1 amide bonds. The molecule has 0 fully saturated rings. The molecule has 0 aromatic heterocycles. The van der Waals surface area contributed by atoms with Gasteiger partial charge in [0.25, 0.3) is 0 Å². The second-order valence-corrected chi connectivity index (χ2v) is 5.35. The van der Waals surface area contributed by atoms with Crippen LogP contribution in [0.2, 0.25) is 0 Å². The van der Waals surface area contributed by atoms with Crippen LogP contribution in [-0.2, 0) is 16.1 Å². The lowest BCUT2D eigenvalue weighted by Crippen LogP contribution is -2.51. The van der Waals surface area contributed by atoms with Crippen LogP contribution in [0.4, 0.5) is 0 Å². The predicted octanol–water partition coefficient (Wildman–Crippen LogP) is 1.11. The van der Waals surface area contributed by atoms with Crippen LogP contribution in [0, 0.1) is 0 Å². The summed E-state index contributed by atoms with van der Waals surface area (Å²) < 4.78 is 5.11. The summed E-state index contributed by atoms with van der Waals surface area (Å²) in [6.07, 6.45) is 0. The standard InChI is InChI=1S/C15H22N2O4/c1-15(2,14(19)20)17(3)10-13(18)16-9-11-6-5-7-12(8-11)21-4/h5-8H,9-10H2,1-4H3,(H,16,18)(H,19,20). The van der Waals surface area contributed by atoms with Gasteiger partial charge in [-0.2, -0.15) is 0 Å². The number of likely N-dealkylation sites (N-methyl/N-ethyl adjacent to an activating group) is 1. The highest BCUT2D eigenvalue weighted by molar-refractivity contribution is 5.81. The van der Waals surface area contributed by atoms with E-state index >= 15 is 0 Å². The van der Waals surface area contributed by atoms with Crippen molar-refractivity contribution in [3.8, 4) is 5.75 Å². The van der Waals surface area contributed by atoms with E-state index in [4.69, 9.17) is 9.84 Å². The van der Waals surface area contributed by atoms with Crippen molar-refractivity contribution in [2.45, 2.75) is 25.9 Å². The number of carboxylic acid groups (broad SMARTS) is 1. The molecule has 1 aromatic carbocycles. The monoisotopic (exact) mass is 294 g/mol. The smallest absolute Gasteiger partial charge is 0.323 e. The molecule has 116 valence electrons. The molecule has 21 heavy (non-hydrogen) atoms. The predicted molar refractivity (Wildman–Crippen MR) is 79.2 cm³/mol. The second kappa shape index (κ2) is 7.08. The lowest BCUT2D eigenvalue weighted by atomic mass is 10.0. The topological polar surface area (TPSA) is 78.9 Å². The highest BCUT2D eigenvalue weighted by atomic mass is 16.5. The molecule has 1 rings (SSSR count). The van der Waals surface area contributed by atoms with Gasteiger partial charge in [-0.1, -0.05) is 12.1 Å². The van der Waals surface area contributed by atoms with Crippen LogP contribution in [-0.4, -0.2) is 48.1 Å². The highest BCUT2D eigenvalue weighted by Crippen LogP contribution is 2.13. The molecule has 0 saturated heterocycles. The molecule has 1 aromatic rings. The first-order chi connectivity index (χ1) is 9.77. The first kappa shape index (κ1) is 17.0. The Kier molecular flexibility index (Phi) is 5.72. The zero-order valence-electron chi connectivity index (χ0n) is 12.8. The number of amides is 1. The van der Waals surface area contributed by atoms with E-state index in [0.29, 0.717) is 6.54 Å². The van der Waals surface area contributed by atoms with E-state index in [1.807, 2.05) is 24.3 Å². The van der Waals surface area contributed by atoms with Gasteiger partial charge in [0.2, 0.25) is 5.91 Å². The summed E-state index contributed by atoms with van der Waals surface area (Å²) in [5.74, 6) is -0.467. The molecular formula is C15H22N2O4. The summed E-state index contributed by atoms with van der Waals surface area (Å²) >= 11 is 0. The summed E-state index contributed by atoms with van der Waals surface area (Å²) in [4.78, 5) is 24.5. The molecule has 0 bridgehead atoms. The maximum absolute atomic E-state index is 11.9. The average molecular weight is 294 g/mol. The van der Waals surface area contributed by atoms with Gasteiger partial charge < -0.3 is 15.2 Å². The van der Waals surface area contributed by atoms with E-state index in [0.717, 1.165) is 11.3 Å². The Labute approximate surface area is 124 Å². The van der Waals surface area contributed by atoms with Crippen molar-refractivity contribution in [2.24, 2.45) is 0 Å². The molecule has 2 N–H and O–H groups in total.